The standard InChI is InChI=1S/C77H146O17P2/c1-7-10-12-14-16-18-20-21-26-30-33-37-40-47-53-59-74(79)87-65-72(93-77(82)62-56-50-42-38-34-31-28-25-23-22-24-27-29-32-35-39-46-52-58-70(6)9-3)67-91-95(83,84)89-63-71(78)64-90-96(85,86)92-68-73(66-88-75(80)60-54-48-44-43-45-51-57-69(4)5)94-76(81)61-55-49-41-36-19-17-15-13-11-8-2/h18,20-21,26,69-73,78H,7-17,19,22-25,27-68H2,1-6H3,(H,83,84)(H,85,86)/b20-18-,26-21-/t70?,71-,72-,73-/m1/s1. The molecular formula is C77H146O17P2. The van der Waals surface area contributed by atoms with Gasteiger partial charge in [-0.05, 0) is 63.2 Å². The number of phosphoric acid groups is 2. The first-order chi connectivity index (χ1) is 46.4. The van der Waals surface area contributed by atoms with Crippen LogP contribution in [0.1, 0.15) is 375 Å². The zero-order valence-corrected chi connectivity index (χ0v) is 63.9. The quantitative estimate of drug-likeness (QED) is 0.0169. The number of carbonyl (C=O) groups excluding carboxylic acids is 4. The molecule has 0 aliphatic rings. The van der Waals surface area contributed by atoms with Crippen molar-refractivity contribution in [2.24, 2.45) is 11.8 Å². The molecule has 17 nitrogen and oxygen atoms in total. The summed E-state index contributed by atoms with van der Waals surface area (Å²) in [5.74, 6) is -0.601. The third kappa shape index (κ3) is 68.7. The largest absolute Gasteiger partial charge is 0.472 e. The molecule has 0 aromatic carbocycles. The minimum absolute atomic E-state index is 0.101. The molecule has 0 aromatic rings. The number of carbonyl (C=O) groups is 4. The van der Waals surface area contributed by atoms with Gasteiger partial charge in [0, 0.05) is 25.7 Å². The number of allylic oxidation sites excluding steroid dienone is 4. The molecule has 0 aromatic heterocycles. The van der Waals surface area contributed by atoms with Crippen molar-refractivity contribution in [1.82, 2.24) is 0 Å². The van der Waals surface area contributed by atoms with Crippen molar-refractivity contribution in [3.8, 4) is 0 Å². The van der Waals surface area contributed by atoms with Gasteiger partial charge in [-0.25, -0.2) is 9.13 Å². The number of hydrogen-bond donors (Lipinski definition) is 3. The molecule has 96 heavy (non-hydrogen) atoms. The minimum atomic E-state index is -4.96. The van der Waals surface area contributed by atoms with E-state index in [0.29, 0.717) is 31.6 Å². The van der Waals surface area contributed by atoms with E-state index in [4.69, 9.17) is 37.0 Å². The van der Waals surface area contributed by atoms with E-state index in [0.717, 1.165) is 121 Å². The van der Waals surface area contributed by atoms with Gasteiger partial charge in [-0.3, -0.25) is 37.3 Å². The number of rotatable bonds is 74. The Hall–Kier alpha value is -2.46. The fourth-order valence-corrected chi connectivity index (χ4v) is 12.8. The van der Waals surface area contributed by atoms with E-state index in [9.17, 15) is 43.2 Å². The minimum Gasteiger partial charge on any atom is -0.462 e. The van der Waals surface area contributed by atoms with Crippen LogP contribution in [-0.2, 0) is 65.4 Å². The summed E-state index contributed by atoms with van der Waals surface area (Å²) in [7, 11) is -9.92. The number of unbranched alkanes of at least 4 members (excludes halogenated alkanes) is 40. The molecule has 0 aliphatic carbocycles. The van der Waals surface area contributed by atoms with Crippen molar-refractivity contribution in [3.63, 3.8) is 0 Å². The Kier molecular flexibility index (Phi) is 66.6. The Morgan fingerprint density at radius 1 is 0.344 bits per heavy atom. The lowest BCUT2D eigenvalue weighted by atomic mass is 9.99. The van der Waals surface area contributed by atoms with Crippen molar-refractivity contribution in [1.29, 1.82) is 0 Å². The summed E-state index contributed by atoms with van der Waals surface area (Å²) in [4.78, 5) is 72.7. The predicted octanol–water partition coefficient (Wildman–Crippen LogP) is 22.3. The first-order valence-corrected chi connectivity index (χ1v) is 42.3. The lowest BCUT2D eigenvalue weighted by Crippen LogP contribution is -2.30. The van der Waals surface area contributed by atoms with Crippen molar-refractivity contribution in [2.75, 3.05) is 39.6 Å². The summed E-state index contributed by atoms with van der Waals surface area (Å²) >= 11 is 0. The normalized spacial score (nSPS) is 14.4. The molecule has 6 atom stereocenters. The van der Waals surface area contributed by atoms with Crippen LogP contribution in [0.25, 0.3) is 0 Å². The first-order valence-electron chi connectivity index (χ1n) is 39.3. The van der Waals surface area contributed by atoms with E-state index >= 15 is 0 Å². The molecular weight excluding hydrogens is 1260 g/mol. The summed E-state index contributed by atoms with van der Waals surface area (Å²) in [6.45, 7) is 9.50. The van der Waals surface area contributed by atoms with Gasteiger partial charge in [0.15, 0.2) is 12.2 Å². The highest BCUT2D eigenvalue weighted by Gasteiger charge is 2.30. The van der Waals surface area contributed by atoms with Gasteiger partial charge >= 0.3 is 39.5 Å². The summed E-state index contributed by atoms with van der Waals surface area (Å²) in [6.07, 6.45) is 59.3. The zero-order valence-electron chi connectivity index (χ0n) is 62.2. The highest BCUT2D eigenvalue weighted by Crippen LogP contribution is 2.45. The van der Waals surface area contributed by atoms with Crippen LogP contribution in [0.4, 0.5) is 0 Å². The summed E-state index contributed by atoms with van der Waals surface area (Å²) < 4.78 is 68.4. The average Bonchev–Trinajstić information content (AvgIpc) is 1.51. The molecule has 0 saturated heterocycles. The van der Waals surface area contributed by atoms with Crippen molar-refractivity contribution < 1.29 is 80.2 Å². The van der Waals surface area contributed by atoms with E-state index in [2.05, 4.69) is 65.8 Å². The van der Waals surface area contributed by atoms with Crippen molar-refractivity contribution in [2.45, 2.75) is 394 Å². The topological polar surface area (TPSA) is 237 Å². The summed E-state index contributed by atoms with van der Waals surface area (Å²) in [5, 5.41) is 10.6. The smallest absolute Gasteiger partial charge is 0.462 e. The number of esters is 4. The van der Waals surface area contributed by atoms with Crippen LogP contribution >= 0.6 is 15.6 Å². The SMILES string of the molecule is CCCCCC/C=C\C=C/CCCCCCCC(=O)OC[C@H](COP(=O)(O)OC[C@@H](O)COP(=O)(O)OC[C@@H](COC(=O)CCCCCCCCC(C)C)OC(=O)CCCCCCCCCCCC)OC(=O)CCCCCCCCCCCCCCCCCCCCC(C)CC. The van der Waals surface area contributed by atoms with E-state index in [1.165, 1.54) is 167 Å². The maximum atomic E-state index is 13.1. The molecule has 0 saturated carbocycles. The van der Waals surface area contributed by atoms with E-state index < -0.39 is 97.5 Å². The molecule has 0 amide bonds. The maximum absolute atomic E-state index is 13.1. The van der Waals surface area contributed by atoms with Crippen molar-refractivity contribution >= 4 is 39.5 Å². The van der Waals surface area contributed by atoms with Gasteiger partial charge in [0.25, 0.3) is 0 Å². The van der Waals surface area contributed by atoms with Crippen LogP contribution in [0, 0.1) is 11.8 Å². The predicted molar refractivity (Wildman–Crippen MR) is 391 cm³/mol. The fourth-order valence-electron chi connectivity index (χ4n) is 11.3. The van der Waals surface area contributed by atoms with Crippen LogP contribution in [0.15, 0.2) is 24.3 Å². The first kappa shape index (κ1) is 93.5. The van der Waals surface area contributed by atoms with Crippen molar-refractivity contribution in [3.05, 3.63) is 24.3 Å². The van der Waals surface area contributed by atoms with Gasteiger partial charge in [0.05, 0.1) is 26.4 Å². The third-order valence-corrected chi connectivity index (χ3v) is 19.6. The fraction of sp³-hybridized carbons (Fsp3) is 0.896. The number of phosphoric ester groups is 2. The van der Waals surface area contributed by atoms with Gasteiger partial charge in [-0.15, -0.1) is 0 Å². The van der Waals surface area contributed by atoms with Crippen LogP contribution < -0.4 is 0 Å². The van der Waals surface area contributed by atoms with Gasteiger partial charge in [-0.2, -0.15) is 0 Å². The highest BCUT2D eigenvalue weighted by atomic mass is 31.2. The average molecular weight is 1410 g/mol. The molecule has 0 aliphatic heterocycles. The number of ether oxygens (including phenoxy) is 4. The van der Waals surface area contributed by atoms with Gasteiger partial charge in [0.1, 0.15) is 19.3 Å². The summed E-state index contributed by atoms with van der Waals surface area (Å²) in [5.41, 5.74) is 0. The summed E-state index contributed by atoms with van der Waals surface area (Å²) in [6, 6.07) is 0. The van der Waals surface area contributed by atoms with E-state index in [1.54, 1.807) is 0 Å². The molecule has 0 radical (unpaired) electrons. The number of aliphatic hydroxyl groups excluding tert-OH is 1. The monoisotopic (exact) mass is 1410 g/mol. The maximum Gasteiger partial charge on any atom is 0.472 e. The molecule has 0 rings (SSSR count). The Morgan fingerprint density at radius 2 is 0.615 bits per heavy atom. The van der Waals surface area contributed by atoms with Crippen LogP contribution in [0.3, 0.4) is 0 Å². The van der Waals surface area contributed by atoms with Gasteiger partial charge in [-0.1, -0.05) is 323 Å². The van der Waals surface area contributed by atoms with Gasteiger partial charge < -0.3 is 33.8 Å². The number of aliphatic hydroxyl groups is 1. The lowest BCUT2D eigenvalue weighted by molar-refractivity contribution is -0.161. The molecule has 3 unspecified atom stereocenters. The van der Waals surface area contributed by atoms with Gasteiger partial charge in [0.2, 0.25) is 0 Å². The Labute approximate surface area is 586 Å². The second-order valence-corrected chi connectivity index (χ2v) is 30.7. The molecule has 0 heterocycles. The third-order valence-electron chi connectivity index (χ3n) is 17.7. The van der Waals surface area contributed by atoms with E-state index in [1.807, 2.05) is 0 Å². The second kappa shape index (κ2) is 68.3. The van der Waals surface area contributed by atoms with Crippen LogP contribution in [0.5, 0.6) is 0 Å². The molecule has 3 N–H and O–H groups in total. The highest BCUT2D eigenvalue weighted by molar-refractivity contribution is 7.47. The molecule has 0 bridgehead atoms. The second-order valence-electron chi connectivity index (χ2n) is 27.8. The Bertz CT molecular complexity index is 1950. The Morgan fingerprint density at radius 3 is 0.938 bits per heavy atom. The zero-order chi connectivity index (χ0) is 70.7. The molecule has 0 spiro atoms. The molecule has 566 valence electrons. The van der Waals surface area contributed by atoms with Crippen LogP contribution in [0.2, 0.25) is 0 Å². The Balaban J connectivity index is 5.21. The van der Waals surface area contributed by atoms with Crippen LogP contribution in [-0.4, -0.2) is 96.7 Å². The number of hydrogen-bond acceptors (Lipinski definition) is 15. The molecule has 0 fully saturated rings. The lowest BCUT2D eigenvalue weighted by Gasteiger charge is -2.21. The molecule has 19 heteroatoms. The van der Waals surface area contributed by atoms with E-state index in [-0.39, 0.29) is 25.7 Å².